The summed E-state index contributed by atoms with van der Waals surface area (Å²) in [4.78, 5) is 14.6. The third-order valence-electron chi connectivity index (χ3n) is 6.17. The van der Waals surface area contributed by atoms with Gasteiger partial charge in [0.2, 0.25) is 5.91 Å². The van der Waals surface area contributed by atoms with Crippen molar-refractivity contribution in [3.63, 3.8) is 0 Å². The zero-order valence-corrected chi connectivity index (χ0v) is 15.2. The number of hydrogen-bond donors (Lipinski definition) is 1. The predicted octanol–water partition coefficient (Wildman–Crippen LogP) is 4.15. The molecular formula is C18H25BrN2O. The highest BCUT2D eigenvalue weighted by atomic mass is 79.9. The third kappa shape index (κ3) is 2.83. The summed E-state index contributed by atoms with van der Waals surface area (Å²) < 4.78 is 1.02. The van der Waals surface area contributed by atoms with Crippen molar-refractivity contribution < 1.29 is 4.79 Å². The fourth-order valence-electron chi connectivity index (χ4n) is 4.20. The van der Waals surface area contributed by atoms with E-state index in [1.165, 1.54) is 12.8 Å². The molecule has 1 saturated carbocycles. The van der Waals surface area contributed by atoms with Crippen molar-refractivity contribution in [3.05, 3.63) is 28.7 Å². The number of likely N-dealkylation sites (tertiary alicyclic amines) is 1. The smallest absolute Gasteiger partial charge is 0.238 e. The number of carbonyl (C=O) groups excluding carboxylic acids is 1. The molecule has 0 spiro atoms. The van der Waals surface area contributed by atoms with Crippen molar-refractivity contribution in [2.75, 3.05) is 25.0 Å². The van der Waals surface area contributed by atoms with E-state index in [2.05, 4.69) is 46.9 Å². The largest absolute Gasteiger partial charge is 0.325 e. The Bertz CT molecular complexity index is 569. The second kappa shape index (κ2) is 5.64. The zero-order valence-electron chi connectivity index (χ0n) is 13.7. The van der Waals surface area contributed by atoms with Gasteiger partial charge in [-0.2, -0.15) is 0 Å². The number of nitrogens with zero attached hydrogens (tertiary/aromatic N) is 1. The van der Waals surface area contributed by atoms with Crippen molar-refractivity contribution in [2.45, 2.75) is 33.6 Å². The molecule has 0 unspecified atom stereocenters. The molecule has 1 aliphatic carbocycles. The van der Waals surface area contributed by atoms with E-state index in [4.69, 9.17) is 0 Å². The first-order valence-electron chi connectivity index (χ1n) is 8.08. The molecule has 1 amide bonds. The molecule has 0 radical (unpaired) electrons. The maximum Gasteiger partial charge on any atom is 0.238 e. The Morgan fingerprint density at radius 1 is 1.32 bits per heavy atom. The van der Waals surface area contributed by atoms with Gasteiger partial charge in [0.15, 0.2) is 0 Å². The first-order valence-corrected chi connectivity index (χ1v) is 8.87. The van der Waals surface area contributed by atoms with Gasteiger partial charge in [0.25, 0.3) is 0 Å². The van der Waals surface area contributed by atoms with Crippen LogP contribution in [-0.2, 0) is 4.79 Å². The summed E-state index contributed by atoms with van der Waals surface area (Å²) in [7, 11) is 0. The number of benzene rings is 1. The topological polar surface area (TPSA) is 32.3 Å². The molecule has 4 heteroatoms. The molecular weight excluding hydrogens is 340 g/mol. The molecule has 2 aliphatic rings. The molecule has 1 aromatic carbocycles. The van der Waals surface area contributed by atoms with Gasteiger partial charge < -0.3 is 5.32 Å². The van der Waals surface area contributed by atoms with E-state index in [-0.39, 0.29) is 5.91 Å². The minimum atomic E-state index is 0.0880. The van der Waals surface area contributed by atoms with Crippen LogP contribution in [-0.4, -0.2) is 30.4 Å². The standard InChI is InChI=1S/C18H25BrN2O/c1-17(2)13-8-9-18(17,3)12-21(10-13)11-16(22)20-15-6-4-14(19)5-7-15/h4-7,13H,8-12H2,1-3H3,(H,20,22)/t13-,18+/m0/s1. The second-order valence-corrected chi connectivity index (χ2v) is 8.66. The van der Waals surface area contributed by atoms with Crippen LogP contribution in [0.15, 0.2) is 28.7 Å². The molecule has 1 aromatic rings. The van der Waals surface area contributed by atoms with Crippen LogP contribution in [0.1, 0.15) is 33.6 Å². The highest BCUT2D eigenvalue weighted by Gasteiger charge is 2.55. The molecule has 1 N–H and O–H groups in total. The van der Waals surface area contributed by atoms with Crippen LogP contribution in [0.4, 0.5) is 5.69 Å². The highest BCUT2D eigenvalue weighted by molar-refractivity contribution is 9.10. The van der Waals surface area contributed by atoms with Crippen molar-refractivity contribution >= 4 is 27.5 Å². The van der Waals surface area contributed by atoms with E-state index in [0.717, 1.165) is 23.2 Å². The first-order chi connectivity index (χ1) is 10.3. The van der Waals surface area contributed by atoms with Crippen molar-refractivity contribution in [2.24, 2.45) is 16.7 Å². The van der Waals surface area contributed by atoms with E-state index < -0.39 is 0 Å². The number of amides is 1. The molecule has 120 valence electrons. The lowest BCUT2D eigenvalue weighted by Gasteiger charge is -2.50. The van der Waals surface area contributed by atoms with Gasteiger partial charge in [0.1, 0.15) is 0 Å². The molecule has 22 heavy (non-hydrogen) atoms. The maximum atomic E-state index is 12.3. The van der Waals surface area contributed by atoms with Crippen LogP contribution in [0.3, 0.4) is 0 Å². The quantitative estimate of drug-likeness (QED) is 0.873. The molecule has 3 rings (SSSR count). The number of halogens is 1. The van der Waals surface area contributed by atoms with Crippen LogP contribution in [0.25, 0.3) is 0 Å². The monoisotopic (exact) mass is 364 g/mol. The molecule has 1 aliphatic heterocycles. The fourth-order valence-corrected chi connectivity index (χ4v) is 4.46. The minimum Gasteiger partial charge on any atom is -0.325 e. The summed E-state index contributed by atoms with van der Waals surface area (Å²) >= 11 is 3.41. The van der Waals surface area contributed by atoms with E-state index in [1.54, 1.807) is 0 Å². The molecule has 2 bridgehead atoms. The Hall–Kier alpha value is -0.870. The van der Waals surface area contributed by atoms with Gasteiger partial charge in [-0.3, -0.25) is 9.69 Å². The van der Waals surface area contributed by atoms with Gasteiger partial charge in [-0.1, -0.05) is 36.7 Å². The number of carbonyl (C=O) groups is 1. The van der Waals surface area contributed by atoms with E-state index in [0.29, 0.717) is 23.3 Å². The molecule has 2 fully saturated rings. The molecule has 0 aromatic heterocycles. The normalized spacial score (nSPS) is 30.3. The van der Waals surface area contributed by atoms with E-state index in [1.807, 2.05) is 24.3 Å². The zero-order chi connectivity index (χ0) is 16.0. The van der Waals surface area contributed by atoms with Crippen LogP contribution >= 0.6 is 15.9 Å². The van der Waals surface area contributed by atoms with E-state index >= 15 is 0 Å². The number of anilines is 1. The van der Waals surface area contributed by atoms with Gasteiger partial charge in [0.05, 0.1) is 6.54 Å². The predicted molar refractivity (Wildman–Crippen MR) is 93.8 cm³/mol. The lowest BCUT2D eigenvalue weighted by atomic mass is 9.63. The van der Waals surface area contributed by atoms with E-state index in [9.17, 15) is 4.79 Å². The first kappa shape index (κ1) is 16.0. The number of nitrogens with one attached hydrogen (secondary N) is 1. The molecule has 1 heterocycles. The van der Waals surface area contributed by atoms with Crippen LogP contribution in [0, 0.1) is 16.7 Å². The van der Waals surface area contributed by atoms with Crippen LogP contribution < -0.4 is 5.32 Å². The van der Waals surface area contributed by atoms with Crippen molar-refractivity contribution in [3.8, 4) is 0 Å². The molecule has 2 atom stereocenters. The number of piperidine rings is 1. The van der Waals surface area contributed by atoms with Crippen LogP contribution in [0.5, 0.6) is 0 Å². The van der Waals surface area contributed by atoms with Crippen molar-refractivity contribution in [1.82, 2.24) is 4.90 Å². The third-order valence-corrected chi connectivity index (χ3v) is 6.70. The number of fused-ring (bicyclic) bond motifs is 2. The number of hydrogen-bond acceptors (Lipinski definition) is 2. The summed E-state index contributed by atoms with van der Waals surface area (Å²) in [6.07, 6.45) is 2.59. The average molecular weight is 365 g/mol. The summed E-state index contributed by atoms with van der Waals surface area (Å²) in [5.41, 5.74) is 1.60. The van der Waals surface area contributed by atoms with Gasteiger partial charge in [-0.15, -0.1) is 0 Å². The lowest BCUT2D eigenvalue weighted by molar-refractivity contribution is -0.119. The van der Waals surface area contributed by atoms with Crippen LogP contribution in [0.2, 0.25) is 0 Å². The maximum absolute atomic E-state index is 12.3. The minimum absolute atomic E-state index is 0.0880. The summed E-state index contributed by atoms with van der Waals surface area (Å²) in [5, 5.41) is 3.00. The Morgan fingerprint density at radius 3 is 2.64 bits per heavy atom. The highest BCUT2D eigenvalue weighted by Crippen LogP contribution is 2.58. The Kier molecular flexibility index (Phi) is 4.11. The summed E-state index contributed by atoms with van der Waals surface area (Å²) in [5.74, 6) is 0.803. The molecule has 1 saturated heterocycles. The fraction of sp³-hybridized carbons (Fsp3) is 0.611. The Balaban J connectivity index is 1.60. The SMILES string of the molecule is CC1(C)[C@H]2CC[C@]1(C)CN(CC(=O)Nc1ccc(Br)cc1)C2. The molecule has 3 nitrogen and oxygen atoms in total. The van der Waals surface area contributed by atoms with Crippen molar-refractivity contribution in [1.29, 1.82) is 0 Å². The van der Waals surface area contributed by atoms with Gasteiger partial charge >= 0.3 is 0 Å². The number of rotatable bonds is 3. The van der Waals surface area contributed by atoms with Gasteiger partial charge in [-0.25, -0.2) is 0 Å². The average Bonchev–Trinajstić information content (AvgIpc) is 2.59. The second-order valence-electron chi connectivity index (χ2n) is 7.74. The Labute approximate surface area is 141 Å². The lowest BCUT2D eigenvalue weighted by Crippen LogP contribution is -2.53. The Morgan fingerprint density at radius 2 is 2.00 bits per heavy atom. The van der Waals surface area contributed by atoms with Gasteiger partial charge in [-0.05, 0) is 53.9 Å². The van der Waals surface area contributed by atoms with Gasteiger partial charge in [0, 0.05) is 23.2 Å². The summed E-state index contributed by atoms with van der Waals surface area (Å²) in [6.45, 7) is 9.79. The summed E-state index contributed by atoms with van der Waals surface area (Å²) in [6, 6.07) is 7.74.